The number of rotatable bonds is 5. The van der Waals surface area contributed by atoms with Gasteiger partial charge in [-0.2, -0.15) is 5.26 Å². The van der Waals surface area contributed by atoms with Crippen molar-refractivity contribution in [2.24, 2.45) is 0 Å². The maximum atomic E-state index is 11.4. The Morgan fingerprint density at radius 3 is 2.77 bits per heavy atom. The van der Waals surface area contributed by atoms with Gasteiger partial charge in [-0.3, -0.25) is 0 Å². The first kappa shape index (κ1) is 20.8. The van der Waals surface area contributed by atoms with Crippen LogP contribution >= 0.6 is 11.3 Å². The van der Waals surface area contributed by atoms with Crippen molar-refractivity contribution in [3.05, 3.63) is 53.1 Å². The number of carbonyl (C=O) groups is 1. The van der Waals surface area contributed by atoms with E-state index in [2.05, 4.69) is 16.3 Å². The molecule has 0 fully saturated rings. The zero-order chi connectivity index (χ0) is 22.1. The largest absolute Gasteiger partial charge is 0.490 e. The highest BCUT2D eigenvalue weighted by molar-refractivity contribution is 7.17. The molecule has 1 heterocycles. The molecule has 1 aliphatic rings. The number of hydrogen-bond donors (Lipinski definition) is 1. The fourth-order valence-electron chi connectivity index (χ4n) is 3.92. The number of ether oxygens (including phenoxy) is 1. The number of carboxylic acid groups (broad SMARTS) is 1. The van der Waals surface area contributed by atoms with Gasteiger partial charge in [0.2, 0.25) is 0 Å². The van der Waals surface area contributed by atoms with E-state index in [1.165, 1.54) is 16.2 Å². The molecule has 1 atom stereocenters. The van der Waals surface area contributed by atoms with Crippen molar-refractivity contribution in [1.29, 1.82) is 5.26 Å². The van der Waals surface area contributed by atoms with E-state index >= 15 is 0 Å². The van der Waals surface area contributed by atoms with Gasteiger partial charge in [0.05, 0.1) is 17.7 Å². The number of fused-ring (bicyclic) bond motifs is 1. The number of nitriles is 1. The molecule has 4 rings (SSSR count). The molecule has 158 valence electrons. The first-order valence-electron chi connectivity index (χ1n) is 10.0. The normalized spacial score (nSPS) is 14.9. The third-order valence-corrected chi connectivity index (χ3v) is 6.38. The van der Waals surface area contributed by atoms with Gasteiger partial charge in [-0.15, -0.1) is 10.2 Å². The predicted octanol–water partition coefficient (Wildman–Crippen LogP) is 5.13. The van der Waals surface area contributed by atoms with Crippen LogP contribution in [0.2, 0.25) is 0 Å². The lowest BCUT2D eigenvalue weighted by Crippen LogP contribution is -2.28. The topological polar surface area (TPSA) is 99.3 Å². The summed E-state index contributed by atoms with van der Waals surface area (Å²) in [4.78, 5) is 12.8. The van der Waals surface area contributed by atoms with Crippen molar-refractivity contribution in [2.75, 3.05) is 7.05 Å². The van der Waals surface area contributed by atoms with Crippen LogP contribution in [0.15, 0.2) is 36.4 Å². The van der Waals surface area contributed by atoms with Gasteiger partial charge in [-0.1, -0.05) is 29.5 Å². The fraction of sp³-hybridized carbons (Fsp3) is 0.304. The molecule has 7 nitrogen and oxygen atoms in total. The van der Waals surface area contributed by atoms with E-state index in [9.17, 15) is 15.2 Å². The van der Waals surface area contributed by atoms with Crippen LogP contribution in [0.4, 0.5) is 4.79 Å². The number of amides is 1. The minimum atomic E-state index is -0.931. The molecule has 8 heteroatoms. The fourth-order valence-corrected chi connectivity index (χ4v) is 4.82. The van der Waals surface area contributed by atoms with Gasteiger partial charge in [0.25, 0.3) is 0 Å². The zero-order valence-electron chi connectivity index (χ0n) is 17.5. The van der Waals surface area contributed by atoms with Crippen LogP contribution in [0.5, 0.6) is 5.75 Å². The molecule has 31 heavy (non-hydrogen) atoms. The molecule has 0 saturated heterocycles. The van der Waals surface area contributed by atoms with Gasteiger partial charge in [0, 0.05) is 18.2 Å². The molecule has 0 aliphatic heterocycles. The van der Waals surface area contributed by atoms with Crippen molar-refractivity contribution in [2.45, 2.75) is 38.8 Å². The number of nitrogens with zero attached hydrogens (tertiary/aromatic N) is 4. The van der Waals surface area contributed by atoms with Gasteiger partial charge < -0.3 is 14.7 Å². The Labute approximate surface area is 184 Å². The van der Waals surface area contributed by atoms with E-state index in [0.29, 0.717) is 11.3 Å². The van der Waals surface area contributed by atoms with E-state index in [1.807, 2.05) is 38.1 Å². The van der Waals surface area contributed by atoms with Gasteiger partial charge in [-0.05, 0) is 56.0 Å². The SMILES string of the molecule is CC(C)Oc1ccc(-c2nnc(-c3cccc4c3CC[C@@H]4N(C)C(=O)O)s2)cc1C#N. The van der Waals surface area contributed by atoms with E-state index < -0.39 is 6.09 Å². The van der Waals surface area contributed by atoms with Gasteiger partial charge in [0.1, 0.15) is 21.8 Å². The summed E-state index contributed by atoms with van der Waals surface area (Å²) in [5.74, 6) is 0.556. The van der Waals surface area contributed by atoms with Crippen LogP contribution in [0, 0.1) is 11.3 Å². The molecule has 1 N–H and O–H groups in total. The van der Waals surface area contributed by atoms with Gasteiger partial charge in [-0.25, -0.2) is 4.79 Å². The Balaban J connectivity index is 1.67. The predicted molar refractivity (Wildman–Crippen MR) is 118 cm³/mol. The van der Waals surface area contributed by atoms with Crippen molar-refractivity contribution in [3.63, 3.8) is 0 Å². The highest BCUT2D eigenvalue weighted by Crippen LogP contribution is 2.42. The summed E-state index contributed by atoms with van der Waals surface area (Å²) < 4.78 is 5.70. The minimum absolute atomic E-state index is 0.0183. The molecule has 3 aromatic rings. The summed E-state index contributed by atoms with van der Waals surface area (Å²) in [7, 11) is 1.61. The van der Waals surface area contributed by atoms with E-state index in [0.717, 1.165) is 45.1 Å². The van der Waals surface area contributed by atoms with Crippen molar-refractivity contribution < 1.29 is 14.6 Å². The lowest BCUT2D eigenvalue weighted by Gasteiger charge is -2.22. The standard InChI is InChI=1S/C23H22N4O3S/c1-13(2)30-20-10-7-14(11-15(20)12-24)21-25-26-22(31-21)18-6-4-5-17-16(18)8-9-19(17)27(3)23(28)29/h4-7,10-11,13,19H,8-9H2,1-3H3,(H,28,29)/t19-/m0/s1. The van der Waals surface area contributed by atoms with Crippen LogP contribution < -0.4 is 4.74 Å². The Kier molecular flexibility index (Phi) is 5.61. The van der Waals surface area contributed by atoms with Gasteiger partial charge >= 0.3 is 6.09 Å². The summed E-state index contributed by atoms with van der Waals surface area (Å²) in [6.45, 7) is 3.84. The first-order valence-corrected chi connectivity index (χ1v) is 10.8. The maximum absolute atomic E-state index is 11.4. The molecule has 1 amide bonds. The number of aromatic nitrogens is 2. The molecule has 0 unspecified atom stereocenters. The highest BCUT2D eigenvalue weighted by atomic mass is 32.1. The van der Waals surface area contributed by atoms with Crippen LogP contribution in [0.1, 0.15) is 43.0 Å². The molecular formula is C23H22N4O3S. The molecule has 0 radical (unpaired) electrons. The number of hydrogen-bond acceptors (Lipinski definition) is 6. The Morgan fingerprint density at radius 1 is 1.29 bits per heavy atom. The summed E-state index contributed by atoms with van der Waals surface area (Å²) in [5, 5.41) is 29.1. The summed E-state index contributed by atoms with van der Waals surface area (Å²) in [6, 6.07) is 13.4. The second-order valence-corrected chi connectivity index (χ2v) is 8.70. The average molecular weight is 435 g/mol. The molecule has 2 aromatic carbocycles. The monoisotopic (exact) mass is 434 g/mol. The van der Waals surface area contributed by atoms with Crippen molar-refractivity contribution >= 4 is 17.4 Å². The first-order chi connectivity index (χ1) is 14.9. The maximum Gasteiger partial charge on any atom is 0.407 e. The quantitative estimate of drug-likeness (QED) is 0.598. The molecule has 0 spiro atoms. The lowest BCUT2D eigenvalue weighted by atomic mass is 10.0. The van der Waals surface area contributed by atoms with E-state index in [1.54, 1.807) is 19.2 Å². The molecule has 0 saturated carbocycles. The van der Waals surface area contributed by atoms with Crippen LogP contribution in [-0.4, -0.2) is 39.4 Å². The molecule has 0 bridgehead atoms. The van der Waals surface area contributed by atoms with Crippen LogP contribution in [0.25, 0.3) is 21.1 Å². The van der Waals surface area contributed by atoms with Crippen LogP contribution in [-0.2, 0) is 6.42 Å². The second-order valence-electron chi connectivity index (χ2n) is 7.72. The Bertz CT molecular complexity index is 1180. The van der Waals surface area contributed by atoms with Crippen molar-refractivity contribution in [3.8, 4) is 33.0 Å². The molecule has 1 aliphatic carbocycles. The third-order valence-electron chi connectivity index (χ3n) is 5.37. The number of benzene rings is 2. The van der Waals surface area contributed by atoms with Crippen LogP contribution in [0.3, 0.4) is 0 Å². The third kappa shape index (κ3) is 3.97. The van der Waals surface area contributed by atoms with Gasteiger partial charge in [0.15, 0.2) is 0 Å². The summed E-state index contributed by atoms with van der Waals surface area (Å²) >= 11 is 1.46. The minimum Gasteiger partial charge on any atom is -0.490 e. The smallest absolute Gasteiger partial charge is 0.407 e. The molecular weight excluding hydrogens is 412 g/mol. The Hall–Kier alpha value is -3.44. The van der Waals surface area contributed by atoms with E-state index in [-0.39, 0.29) is 12.1 Å². The summed E-state index contributed by atoms with van der Waals surface area (Å²) in [6.07, 6.45) is 0.599. The molecule has 1 aromatic heterocycles. The lowest BCUT2D eigenvalue weighted by molar-refractivity contribution is 0.138. The summed E-state index contributed by atoms with van der Waals surface area (Å²) in [5.41, 5.74) is 4.42. The van der Waals surface area contributed by atoms with Crippen molar-refractivity contribution in [1.82, 2.24) is 15.1 Å². The Morgan fingerprint density at radius 2 is 2.06 bits per heavy atom. The van der Waals surface area contributed by atoms with E-state index in [4.69, 9.17) is 4.74 Å². The second kappa shape index (κ2) is 8.36. The average Bonchev–Trinajstić information content (AvgIpc) is 3.40. The zero-order valence-corrected chi connectivity index (χ0v) is 18.3. The highest BCUT2D eigenvalue weighted by Gasteiger charge is 2.30.